The number of hydrogen-bond donors (Lipinski definition) is 2. The van der Waals surface area contributed by atoms with Crippen LogP contribution in [0.3, 0.4) is 0 Å². The molecule has 0 aliphatic heterocycles. The van der Waals surface area contributed by atoms with Crippen molar-refractivity contribution in [3.63, 3.8) is 0 Å². The third-order valence-electron chi connectivity index (χ3n) is 3.99. The zero-order valence-electron chi connectivity index (χ0n) is 13.4. The summed E-state index contributed by atoms with van der Waals surface area (Å²) >= 11 is 1.82. The zero-order valence-corrected chi connectivity index (χ0v) is 14.2. The SMILES string of the molecule is CCN(CCNC(=NC)NCC(C)c1cccs1)C1CC1. The van der Waals surface area contributed by atoms with E-state index in [-0.39, 0.29) is 0 Å². The van der Waals surface area contributed by atoms with Gasteiger partial charge >= 0.3 is 0 Å². The maximum Gasteiger partial charge on any atom is 0.191 e. The zero-order chi connectivity index (χ0) is 15.1. The number of aliphatic imine (C=N–C) groups is 1. The Bertz CT molecular complexity index is 425. The Morgan fingerprint density at radius 2 is 2.29 bits per heavy atom. The van der Waals surface area contributed by atoms with Crippen LogP contribution in [0.1, 0.15) is 37.5 Å². The fourth-order valence-electron chi connectivity index (χ4n) is 2.50. The molecule has 1 unspecified atom stereocenters. The van der Waals surface area contributed by atoms with Gasteiger partial charge in [0.1, 0.15) is 0 Å². The summed E-state index contributed by atoms with van der Waals surface area (Å²) in [6.07, 6.45) is 2.75. The summed E-state index contributed by atoms with van der Waals surface area (Å²) in [5.74, 6) is 1.42. The predicted molar refractivity (Wildman–Crippen MR) is 92.4 cm³/mol. The molecule has 1 fully saturated rings. The van der Waals surface area contributed by atoms with Crippen molar-refractivity contribution >= 4 is 17.3 Å². The van der Waals surface area contributed by atoms with Crippen LogP contribution in [-0.2, 0) is 0 Å². The summed E-state index contributed by atoms with van der Waals surface area (Å²) < 4.78 is 0. The highest BCUT2D eigenvalue weighted by atomic mass is 32.1. The van der Waals surface area contributed by atoms with Crippen molar-refractivity contribution in [1.82, 2.24) is 15.5 Å². The van der Waals surface area contributed by atoms with E-state index in [0.717, 1.165) is 38.2 Å². The van der Waals surface area contributed by atoms with Gasteiger partial charge in [-0.25, -0.2) is 0 Å². The van der Waals surface area contributed by atoms with Crippen LogP contribution in [0.4, 0.5) is 0 Å². The summed E-state index contributed by atoms with van der Waals surface area (Å²) in [7, 11) is 1.84. The molecule has 21 heavy (non-hydrogen) atoms. The minimum Gasteiger partial charge on any atom is -0.356 e. The topological polar surface area (TPSA) is 39.7 Å². The van der Waals surface area contributed by atoms with Crippen molar-refractivity contribution in [3.05, 3.63) is 22.4 Å². The highest BCUT2D eigenvalue weighted by molar-refractivity contribution is 7.10. The number of likely N-dealkylation sites (N-methyl/N-ethyl adjacent to an activating group) is 1. The van der Waals surface area contributed by atoms with E-state index in [0.29, 0.717) is 5.92 Å². The molecule has 5 heteroatoms. The van der Waals surface area contributed by atoms with Crippen molar-refractivity contribution in [2.75, 3.05) is 33.2 Å². The Balaban J connectivity index is 1.66. The molecule has 118 valence electrons. The molecule has 1 aromatic heterocycles. The highest BCUT2D eigenvalue weighted by Gasteiger charge is 2.27. The lowest BCUT2D eigenvalue weighted by Crippen LogP contribution is -2.43. The van der Waals surface area contributed by atoms with E-state index in [2.05, 4.69) is 51.9 Å². The summed E-state index contributed by atoms with van der Waals surface area (Å²) in [5.41, 5.74) is 0. The fraction of sp³-hybridized carbons (Fsp3) is 0.688. The Hall–Kier alpha value is -1.07. The van der Waals surface area contributed by atoms with Crippen molar-refractivity contribution in [2.45, 2.75) is 38.6 Å². The largest absolute Gasteiger partial charge is 0.356 e. The monoisotopic (exact) mass is 308 g/mol. The van der Waals surface area contributed by atoms with Gasteiger partial charge in [0, 0.05) is 43.5 Å². The molecule has 1 aliphatic rings. The molecule has 0 saturated heterocycles. The fourth-order valence-corrected chi connectivity index (χ4v) is 3.29. The van der Waals surface area contributed by atoms with Crippen molar-refractivity contribution < 1.29 is 0 Å². The maximum atomic E-state index is 4.30. The number of hydrogen-bond acceptors (Lipinski definition) is 3. The molecule has 1 saturated carbocycles. The second kappa shape index (κ2) is 8.39. The molecule has 1 aliphatic carbocycles. The Labute approximate surface area is 132 Å². The average molecular weight is 308 g/mol. The maximum absolute atomic E-state index is 4.30. The minimum absolute atomic E-state index is 0.516. The molecule has 0 radical (unpaired) electrons. The van der Waals surface area contributed by atoms with Gasteiger partial charge in [0.15, 0.2) is 5.96 Å². The molecule has 2 N–H and O–H groups in total. The first-order valence-electron chi connectivity index (χ1n) is 7.96. The van der Waals surface area contributed by atoms with Crippen LogP contribution in [0.2, 0.25) is 0 Å². The van der Waals surface area contributed by atoms with Gasteiger partial charge in [-0.1, -0.05) is 19.9 Å². The van der Waals surface area contributed by atoms with Gasteiger partial charge < -0.3 is 10.6 Å². The van der Waals surface area contributed by atoms with E-state index in [1.54, 1.807) is 0 Å². The summed E-state index contributed by atoms with van der Waals surface area (Å²) in [5, 5.41) is 8.97. The lowest BCUT2D eigenvalue weighted by Gasteiger charge is -2.21. The summed E-state index contributed by atoms with van der Waals surface area (Å²) in [4.78, 5) is 8.27. The van der Waals surface area contributed by atoms with Gasteiger partial charge in [-0.3, -0.25) is 9.89 Å². The standard InChI is InChI=1S/C16H28N4S/c1-4-20(14-7-8-14)10-9-18-16(17-3)19-12-13(2)15-6-5-11-21-15/h5-6,11,13-14H,4,7-10,12H2,1-3H3,(H2,17,18,19). The van der Waals surface area contributed by atoms with Crippen molar-refractivity contribution in [2.24, 2.45) is 4.99 Å². The van der Waals surface area contributed by atoms with Crippen LogP contribution in [0, 0.1) is 0 Å². The van der Waals surface area contributed by atoms with Gasteiger partial charge in [-0.2, -0.15) is 0 Å². The quantitative estimate of drug-likeness (QED) is 0.572. The third kappa shape index (κ3) is 5.32. The highest BCUT2D eigenvalue weighted by Crippen LogP contribution is 2.25. The average Bonchev–Trinajstić information content (AvgIpc) is 3.19. The van der Waals surface area contributed by atoms with Crippen LogP contribution in [0.15, 0.2) is 22.5 Å². The minimum atomic E-state index is 0.516. The van der Waals surface area contributed by atoms with Gasteiger partial charge in [0.25, 0.3) is 0 Å². The molecule has 4 nitrogen and oxygen atoms in total. The smallest absolute Gasteiger partial charge is 0.191 e. The number of rotatable bonds is 8. The predicted octanol–water partition coefficient (Wildman–Crippen LogP) is 2.50. The second-order valence-electron chi connectivity index (χ2n) is 5.66. The Morgan fingerprint density at radius 3 is 2.86 bits per heavy atom. The van der Waals surface area contributed by atoms with Gasteiger partial charge in [0.2, 0.25) is 0 Å². The Kier molecular flexibility index (Phi) is 6.51. The number of guanidine groups is 1. The number of thiophene rings is 1. The van der Waals surface area contributed by atoms with E-state index >= 15 is 0 Å². The first kappa shape index (κ1) is 16.3. The van der Waals surface area contributed by atoms with Crippen molar-refractivity contribution in [1.29, 1.82) is 0 Å². The molecular formula is C16H28N4S. The van der Waals surface area contributed by atoms with Crippen LogP contribution in [0.5, 0.6) is 0 Å². The van der Waals surface area contributed by atoms with E-state index in [1.165, 1.54) is 17.7 Å². The third-order valence-corrected chi connectivity index (χ3v) is 5.09. The second-order valence-corrected chi connectivity index (χ2v) is 6.64. The lowest BCUT2D eigenvalue weighted by atomic mass is 10.1. The van der Waals surface area contributed by atoms with Crippen LogP contribution in [-0.4, -0.2) is 50.1 Å². The van der Waals surface area contributed by atoms with Crippen LogP contribution < -0.4 is 10.6 Å². The molecule has 1 atom stereocenters. The molecule has 0 aromatic carbocycles. The van der Waals surface area contributed by atoms with E-state index < -0.39 is 0 Å². The first-order chi connectivity index (χ1) is 10.2. The van der Waals surface area contributed by atoms with E-state index in [9.17, 15) is 0 Å². The Morgan fingerprint density at radius 1 is 1.48 bits per heavy atom. The normalized spacial score (nSPS) is 17.0. The summed E-state index contributed by atoms with van der Waals surface area (Å²) in [6, 6.07) is 5.15. The molecule has 2 rings (SSSR count). The van der Waals surface area contributed by atoms with Gasteiger partial charge in [-0.05, 0) is 30.8 Å². The van der Waals surface area contributed by atoms with Crippen LogP contribution in [0.25, 0.3) is 0 Å². The van der Waals surface area contributed by atoms with Crippen molar-refractivity contribution in [3.8, 4) is 0 Å². The molecular weight excluding hydrogens is 280 g/mol. The van der Waals surface area contributed by atoms with E-state index in [1.807, 2.05) is 18.4 Å². The molecule has 1 aromatic rings. The summed E-state index contributed by atoms with van der Waals surface area (Å²) in [6.45, 7) is 8.61. The van der Waals surface area contributed by atoms with Gasteiger partial charge in [0.05, 0.1) is 0 Å². The lowest BCUT2D eigenvalue weighted by molar-refractivity contribution is 0.282. The first-order valence-corrected chi connectivity index (χ1v) is 8.84. The molecule has 0 amide bonds. The number of nitrogens with zero attached hydrogens (tertiary/aromatic N) is 2. The molecule has 0 spiro atoms. The van der Waals surface area contributed by atoms with Crippen LogP contribution >= 0.6 is 11.3 Å². The van der Waals surface area contributed by atoms with Gasteiger partial charge in [-0.15, -0.1) is 11.3 Å². The van der Waals surface area contributed by atoms with E-state index in [4.69, 9.17) is 0 Å². The molecule has 1 heterocycles. The number of nitrogens with one attached hydrogen (secondary N) is 2. The molecule has 0 bridgehead atoms.